The molecule has 1 nitrogen and oxygen atoms in total. The molecule has 25 heavy (non-hydrogen) atoms. The molecule has 1 aliphatic carbocycles. The van der Waals surface area contributed by atoms with E-state index in [2.05, 4.69) is 78.8 Å². The fourth-order valence-corrected chi connectivity index (χ4v) is 4.84. The zero-order chi connectivity index (χ0) is 19.4. The average Bonchev–Trinajstić information content (AvgIpc) is 2.89. The summed E-state index contributed by atoms with van der Waals surface area (Å²) in [6.07, 6.45) is 3.41. The van der Waals surface area contributed by atoms with Crippen molar-refractivity contribution in [2.75, 3.05) is 0 Å². The van der Waals surface area contributed by atoms with E-state index >= 15 is 0 Å². The van der Waals surface area contributed by atoms with Gasteiger partial charge >= 0.3 is 0 Å². The Labute approximate surface area is 157 Å². The molecule has 0 saturated carbocycles. The van der Waals surface area contributed by atoms with E-state index in [1.807, 2.05) is 6.92 Å². The summed E-state index contributed by atoms with van der Waals surface area (Å²) in [4.78, 5) is 0. The minimum absolute atomic E-state index is 0.0962. The Kier molecular flexibility index (Phi) is 7.57. The van der Waals surface area contributed by atoms with E-state index in [-0.39, 0.29) is 11.1 Å². The lowest BCUT2D eigenvalue weighted by atomic mass is 9.81. The first kappa shape index (κ1) is 22.0. The van der Waals surface area contributed by atoms with Gasteiger partial charge in [-0.1, -0.05) is 51.3 Å². The highest BCUT2D eigenvalue weighted by molar-refractivity contribution is 6.74. The Hall–Kier alpha value is -1.00. The predicted molar refractivity (Wildman–Crippen MR) is 113 cm³/mol. The third-order valence-corrected chi connectivity index (χ3v) is 10.8. The first-order chi connectivity index (χ1) is 11.5. The number of hydrogen-bond donors (Lipinski definition) is 0. The maximum atomic E-state index is 6.86. The van der Waals surface area contributed by atoms with Crippen LogP contribution in [0.4, 0.5) is 0 Å². The Morgan fingerprint density at radius 3 is 2.44 bits per heavy atom. The largest absolute Gasteiger partial charge is 0.409 e. The molecular weight excluding hydrogens is 320 g/mol. The molecule has 0 N–H and O–H groups in total. The van der Waals surface area contributed by atoms with Crippen LogP contribution in [0.1, 0.15) is 67.7 Å². The molecule has 0 amide bonds. The van der Waals surface area contributed by atoms with Crippen LogP contribution in [-0.2, 0) is 4.43 Å². The first-order valence-corrected chi connectivity index (χ1v) is 12.5. The molecule has 0 aliphatic heterocycles. The second-order valence-electron chi connectivity index (χ2n) is 9.07. The molecule has 0 aromatic rings. The topological polar surface area (TPSA) is 9.23 Å². The minimum Gasteiger partial charge on any atom is -0.409 e. The summed E-state index contributed by atoms with van der Waals surface area (Å²) >= 11 is 0. The smallest absolute Gasteiger partial charge is 0.192 e. The predicted octanol–water partition coefficient (Wildman–Crippen LogP) is 6.88. The van der Waals surface area contributed by atoms with E-state index < -0.39 is 8.32 Å². The van der Waals surface area contributed by atoms with E-state index in [9.17, 15) is 0 Å². The molecule has 1 aliphatic rings. The van der Waals surface area contributed by atoms with Crippen LogP contribution in [0.3, 0.4) is 0 Å². The van der Waals surface area contributed by atoms with E-state index in [4.69, 9.17) is 4.43 Å². The van der Waals surface area contributed by atoms with E-state index in [0.29, 0.717) is 11.8 Å². The Bertz CT molecular complexity index is 615. The molecule has 0 aromatic heterocycles. The molecule has 3 atom stereocenters. The van der Waals surface area contributed by atoms with Gasteiger partial charge in [0.15, 0.2) is 8.32 Å². The molecule has 0 radical (unpaired) electrons. The normalized spacial score (nSPS) is 20.6. The van der Waals surface area contributed by atoms with Gasteiger partial charge in [-0.3, -0.25) is 0 Å². The molecule has 3 unspecified atom stereocenters. The highest BCUT2D eigenvalue weighted by Gasteiger charge is 2.42. The molecule has 0 bridgehead atoms. The van der Waals surface area contributed by atoms with Crippen molar-refractivity contribution >= 4 is 8.32 Å². The molecule has 140 valence electrons. The van der Waals surface area contributed by atoms with Gasteiger partial charge in [-0.2, -0.15) is 0 Å². The van der Waals surface area contributed by atoms with Crippen LogP contribution in [0.2, 0.25) is 18.1 Å². The zero-order valence-corrected chi connectivity index (χ0v) is 19.0. The number of hydrogen-bond acceptors (Lipinski definition) is 1. The average molecular weight is 359 g/mol. The van der Waals surface area contributed by atoms with Crippen LogP contribution in [0.5, 0.6) is 0 Å². The van der Waals surface area contributed by atoms with E-state index in [1.54, 1.807) is 5.57 Å². The molecule has 0 heterocycles. The molecule has 0 aromatic carbocycles. The maximum Gasteiger partial charge on any atom is 0.192 e. The summed E-state index contributed by atoms with van der Waals surface area (Å²) in [6.45, 7) is 24.2. The molecule has 1 rings (SSSR count). The van der Waals surface area contributed by atoms with Crippen molar-refractivity contribution in [3.63, 3.8) is 0 Å². The van der Waals surface area contributed by atoms with Crippen LogP contribution in [0.25, 0.3) is 0 Å². The van der Waals surface area contributed by atoms with Crippen LogP contribution in [0, 0.1) is 23.7 Å². The Morgan fingerprint density at radius 1 is 1.36 bits per heavy atom. The van der Waals surface area contributed by atoms with Crippen molar-refractivity contribution in [3.8, 4) is 11.8 Å². The van der Waals surface area contributed by atoms with Crippen molar-refractivity contribution in [2.45, 2.75) is 92.0 Å². The summed E-state index contributed by atoms with van der Waals surface area (Å²) in [5, 5.41) is 0.199. The van der Waals surface area contributed by atoms with E-state index in [1.165, 1.54) is 18.4 Å². The number of allylic oxidation sites excluding steroid dienone is 2. The zero-order valence-electron chi connectivity index (χ0n) is 18.0. The third kappa shape index (κ3) is 5.24. The van der Waals surface area contributed by atoms with Gasteiger partial charge in [0.2, 0.25) is 0 Å². The highest BCUT2D eigenvalue weighted by atomic mass is 28.4. The Balaban J connectivity index is 3.15. The summed E-state index contributed by atoms with van der Waals surface area (Å²) < 4.78 is 6.86. The van der Waals surface area contributed by atoms with Gasteiger partial charge in [0.05, 0.1) is 6.10 Å². The van der Waals surface area contributed by atoms with Crippen molar-refractivity contribution in [1.29, 1.82) is 0 Å². The van der Waals surface area contributed by atoms with Crippen molar-refractivity contribution < 1.29 is 4.43 Å². The monoisotopic (exact) mass is 358 g/mol. The maximum absolute atomic E-state index is 6.86. The second kappa shape index (κ2) is 8.59. The van der Waals surface area contributed by atoms with Gasteiger partial charge < -0.3 is 4.43 Å². The summed E-state index contributed by atoms with van der Waals surface area (Å²) in [7, 11) is -1.86. The van der Waals surface area contributed by atoms with Crippen LogP contribution < -0.4 is 0 Å². The van der Waals surface area contributed by atoms with Gasteiger partial charge in [0, 0.05) is 6.42 Å². The quantitative estimate of drug-likeness (QED) is 0.217. The highest BCUT2D eigenvalue weighted by Crippen LogP contribution is 2.44. The summed E-state index contributed by atoms with van der Waals surface area (Å²) in [5.41, 5.74) is 7.35. The molecule has 0 saturated heterocycles. The Morgan fingerprint density at radius 2 is 1.96 bits per heavy atom. The van der Waals surface area contributed by atoms with Crippen molar-refractivity contribution in [3.05, 3.63) is 29.0 Å². The fraction of sp³-hybridized carbons (Fsp3) is 0.696. The molecule has 0 spiro atoms. The second-order valence-corrected chi connectivity index (χ2v) is 13.8. The van der Waals surface area contributed by atoms with Crippen molar-refractivity contribution in [2.24, 2.45) is 11.8 Å². The van der Waals surface area contributed by atoms with Crippen LogP contribution >= 0.6 is 0 Å². The van der Waals surface area contributed by atoms with Gasteiger partial charge in [0.25, 0.3) is 0 Å². The SMILES string of the molecule is C=C=C(C)C(O[Si](C)(C)C(C)(C)C)C(C)C1CCC(C)=C1CC#CC. The van der Waals surface area contributed by atoms with Gasteiger partial charge in [0.1, 0.15) is 0 Å². The van der Waals surface area contributed by atoms with Crippen molar-refractivity contribution in [1.82, 2.24) is 0 Å². The van der Waals surface area contributed by atoms with Gasteiger partial charge in [-0.05, 0) is 69.2 Å². The number of rotatable bonds is 6. The molecular formula is C23H38OSi. The summed E-state index contributed by atoms with van der Waals surface area (Å²) in [5.74, 6) is 7.33. The lowest BCUT2D eigenvalue weighted by molar-refractivity contribution is 0.130. The van der Waals surface area contributed by atoms with Gasteiger partial charge in [-0.15, -0.1) is 11.7 Å². The lowest BCUT2D eigenvalue weighted by Crippen LogP contribution is -2.46. The van der Waals surface area contributed by atoms with E-state index in [0.717, 1.165) is 12.0 Å². The van der Waals surface area contributed by atoms with Crippen LogP contribution in [0.15, 0.2) is 29.0 Å². The van der Waals surface area contributed by atoms with Gasteiger partial charge in [-0.25, -0.2) is 0 Å². The summed E-state index contributed by atoms with van der Waals surface area (Å²) in [6, 6.07) is 0. The standard InChI is InChI=1S/C23H38OSi/c1-11-13-14-20-18(4)15-16-21(20)19(5)22(17(3)12-2)24-25(9,10)23(6,7)8/h19,21-22H,2,14-16H2,1,3-10H3. The first-order valence-electron chi connectivity index (χ1n) is 9.58. The molecule has 0 fully saturated rings. The lowest BCUT2D eigenvalue weighted by Gasteiger charge is -2.42. The molecule has 2 heteroatoms. The third-order valence-electron chi connectivity index (χ3n) is 6.33. The fourth-order valence-electron chi connectivity index (χ4n) is 3.46. The van der Waals surface area contributed by atoms with Crippen LogP contribution in [-0.4, -0.2) is 14.4 Å². The minimum atomic E-state index is -1.86.